The molecule has 1 aromatic carbocycles. The molecule has 0 unspecified atom stereocenters. The minimum atomic E-state index is 0.0562. The third-order valence-corrected chi connectivity index (χ3v) is 4.03. The highest BCUT2D eigenvalue weighted by molar-refractivity contribution is 5.74. The Kier molecular flexibility index (Phi) is 5.01. The smallest absolute Gasteiger partial charge is 0.317 e. The number of carbonyl (C=O) groups excluding carboxylic acids is 1. The van der Waals surface area contributed by atoms with E-state index in [2.05, 4.69) is 49.2 Å². The van der Waals surface area contributed by atoms with Crippen LogP contribution in [-0.4, -0.2) is 48.6 Å². The van der Waals surface area contributed by atoms with Crippen LogP contribution in [-0.2, 0) is 6.54 Å². The molecule has 1 saturated heterocycles. The first kappa shape index (κ1) is 14.9. The molecule has 2 rings (SSSR count). The molecule has 0 spiro atoms. The van der Waals surface area contributed by atoms with Crippen LogP contribution in [0.4, 0.5) is 4.79 Å². The Labute approximate surface area is 121 Å². The minimum absolute atomic E-state index is 0.0562. The Morgan fingerprint density at radius 1 is 1.20 bits per heavy atom. The summed E-state index contributed by atoms with van der Waals surface area (Å²) in [6.07, 6.45) is 0. The number of hydrogen-bond donors (Lipinski definition) is 1. The summed E-state index contributed by atoms with van der Waals surface area (Å²) >= 11 is 0. The fourth-order valence-electron chi connectivity index (χ4n) is 2.59. The van der Waals surface area contributed by atoms with Gasteiger partial charge in [0.2, 0.25) is 0 Å². The lowest BCUT2D eigenvalue weighted by Crippen LogP contribution is -2.51. The second-order valence-electron chi connectivity index (χ2n) is 5.51. The summed E-state index contributed by atoms with van der Waals surface area (Å²) < 4.78 is 0. The molecular formula is C16H25N3O. The van der Waals surface area contributed by atoms with Gasteiger partial charge in [-0.2, -0.15) is 0 Å². The second kappa shape index (κ2) is 6.75. The van der Waals surface area contributed by atoms with Gasteiger partial charge in [-0.3, -0.25) is 0 Å². The van der Waals surface area contributed by atoms with E-state index in [0.29, 0.717) is 6.54 Å². The highest BCUT2D eigenvalue weighted by Crippen LogP contribution is 2.10. The lowest BCUT2D eigenvalue weighted by molar-refractivity contribution is 0.142. The molecule has 110 valence electrons. The molecule has 0 atom stereocenters. The number of rotatable bonds is 3. The van der Waals surface area contributed by atoms with E-state index in [1.54, 1.807) is 0 Å². The lowest BCUT2D eigenvalue weighted by Gasteiger charge is -2.34. The van der Waals surface area contributed by atoms with Gasteiger partial charge in [0, 0.05) is 32.7 Å². The molecule has 1 heterocycles. The summed E-state index contributed by atoms with van der Waals surface area (Å²) in [5, 5.41) is 3.03. The van der Waals surface area contributed by atoms with Crippen molar-refractivity contribution in [3.8, 4) is 0 Å². The van der Waals surface area contributed by atoms with Crippen LogP contribution in [0.3, 0.4) is 0 Å². The first-order valence-electron chi connectivity index (χ1n) is 7.41. The Hall–Kier alpha value is -1.55. The van der Waals surface area contributed by atoms with Crippen LogP contribution < -0.4 is 5.32 Å². The molecule has 4 nitrogen and oxygen atoms in total. The monoisotopic (exact) mass is 275 g/mol. The number of hydrogen-bond acceptors (Lipinski definition) is 2. The van der Waals surface area contributed by atoms with Gasteiger partial charge in [-0.05, 0) is 31.5 Å². The van der Waals surface area contributed by atoms with E-state index in [1.165, 1.54) is 16.7 Å². The van der Waals surface area contributed by atoms with Crippen molar-refractivity contribution >= 4 is 6.03 Å². The number of nitrogens with one attached hydrogen (secondary N) is 1. The van der Waals surface area contributed by atoms with E-state index in [4.69, 9.17) is 0 Å². The Bertz CT molecular complexity index is 465. The van der Waals surface area contributed by atoms with Gasteiger partial charge < -0.3 is 15.1 Å². The van der Waals surface area contributed by atoms with Crippen molar-refractivity contribution < 1.29 is 4.79 Å². The topological polar surface area (TPSA) is 35.6 Å². The van der Waals surface area contributed by atoms with Gasteiger partial charge in [0.05, 0.1) is 0 Å². The van der Waals surface area contributed by atoms with Crippen molar-refractivity contribution in [1.82, 2.24) is 15.1 Å². The maximum Gasteiger partial charge on any atom is 0.317 e. The molecule has 0 radical (unpaired) electrons. The van der Waals surface area contributed by atoms with E-state index < -0.39 is 0 Å². The van der Waals surface area contributed by atoms with Crippen molar-refractivity contribution in [2.45, 2.75) is 27.3 Å². The number of nitrogens with zero attached hydrogens (tertiary/aromatic N) is 2. The molecule has 2 amide bonds. The molecule has 0 bridgehead atoms. The summed E-state index contributed by atoms with van der Waals surface area (Å²) in [7, 11) is 0. The second-order valence-corrected chi connectivity index (χ2v) is 5.51. The Morgan fingerprint density at radius 2 is 1.90 bits per heavy atom. The average Bonchev–Trinajstić information content (AvgIpc) is 2.46. The molecule has 1 aliphatic heterocycles. The number of likely N-dealkylation sites (N-methyl/N-ethyl adjacent to an activating group) is 1. The number of urea groups is 1. The largest absolute Gasteiger partial charge is 0.334 e. The molecule has 0 aromatic heterocycles. The van der Waals surface area contributed by atoms with Crippen LogP contribution in [0.1, 0.15) is 23.6 Å². The van der Waals surface area contributed by atoms with Gasteiger partial charge in [0.25, 0.3) is 0 Å². The Morgan fingerprint density at radius 3 is 2.50 bits per heavy atom. The number of benzene rings is 1. The number of amides is 2. The molecule has 1 fully saturated rings. The average molecular weight is 275 g/mol. The van der Waals surface area contributed by atoms with Crippen LogP contribution in [0.25, 0.3) is 0 Å². The maximum absolute atomic E-state index is 12.1. The molecule has 1 aliphatic rings. The zero-order valence-corrected chi connectivity index (χ0v) is 12.8. The predicted molar refractivity (Wildman–Crippen MR) is 81.8 cm³/mol. The van der Waals surface area contributed by atoms with E-state index >= 15 is 0 Å². The molecule has 0 aliphatic carbocycles. The van der Waals surface area contributed by atoms with Crippen molar-refractivity contribution in [2.75, 3.05) is 32.7 Å². The van der Waals surface area contributed by atoms with Gasteiger partial charge in [-0.15, -0.1) is 0 Å². The first-order valence-corrected chi connectivity index (χ1v) is 7.41. The third-order valence-electron chi connectivity index (χ3n) is 4.03. The number of aryl methyl sites for hydroxylation is 2. The number of carbonyl (C=O) groups is 1. The van der Waals surface area contributed by atoms with Crippen molar-refractivity contribution in [1.29, 1.82) is 0 Å². The first-order chi connectivity index (χ1) is 9.60. The van der Waals surface area contributed by atoms with Gasteiger partial charge >= 0.3 is 6.03 Å². The van der Waals surface area contributed by atoms with Crippen molar-refractivity contribution in [2.24, 2.45) is 0 Å². The summed E-state index contributed by atoms with van der Waals surface area (Å²) in [5.41, 5.74) is 3.69. The van der Waals surface area contributed by atoms with Crippen LogP contribution in [0, 0.1) is 13.8 Å². The summed E-state index contributed by atoms with van der Waals surface area (Å²) in [6, 6.07) is 6.40. The maximum atomic E-state index is 12.1. The quantitative estimate of drug-likeness (QED) is 0.917. The van der Waals surface area contributed by atoms with E-state index in [0.717, 1.165) is 32.7 Å². The van der Waals surface area contributed by atoms with E-state index in [9.17, 15) is 4.79 Å². The molecule has 0 saturated carbocycles. The number of piperazine rings is 1. The van der Waals surface area contributed by atoms with Crippen LogP contribution in [0.5, 0.6) is 0 Å². The molecule has 1 aromatic rings. The fraction of sp³-hybridized carbons (Fsp3) is 0.562. The van der Waals surface area contributed by atoms with Crippen molar-refractivity contribution in [3.05, 3.63) is 34.9 Å². The molecule has 1 N–H and O–H groups in total. The summed E-state index contributed by atoms with van der Waals surface area (Å²) in [4.78, 5) is 16.4. The van der Waals surface area contributed by atoms with E-state index in [1.807, 2.05) is 4.90 Å². The van der Waals surface area contributed by atoms with E-state index in [-0.39, 0.29) is 6.03 Å². The normalized spacial score (nSPS) is 16.2. The highest BCUT2D eigenvalue weighted by atomic mass is 16.2. The standard InChI is InChI=1S/C16H25N3O/c1-4-18-7-9-19(10-8-18)16(20)17-12-15-6-5-13(2)11-14(15)3/h5-6,11H,4,7-10,12H2,1-3H3,(H,17,20). The third kappa shape index (κ3) is 3.73. The molecular weight excluding hydrogens is 250 g/mol. The van der Waals surface area contributed by atoms with Gasteiger partial charge in [0.15, 0.2) is 0 Å². The highest BCUT2D eigenvalue weighted by Gasteiger charge is 2.19. The molecule has 20 heavy (non-hydrogen) atoms. The molecule has 4 heteroatoms. The van der Waals surface area contributed by atoms with Gasteiger partial charge in [-0.1, -0.05) is 30.7 Å². The zero-order chi connectivity index (χ0) is 14.5. The van der Waals surface area contributed by atoms with Gasteiger partial charge in [-0.25, -0.2) is 4.79 Å². The summed E-state index contributed by atoms with van der Waals surface area (Å²) in [6.45, 7) is 11.6. The van der Waals surface area contributed by atoms with Crippen LogP contribution in [0.15, 0.2) is 18.2 Å². The van der Waals surface area contributed by atoms with Crippen LogP contribution >= 0.6 is 0 Å². The van der Waals surface area contributed by atoms with Gasteiger partial charge in [0.1, 0.15) is 0 Å². The minimum Gasteiger partial charge on any atom is -0.334 e. The SMILES string of the molecule is CCN1CCN(C(=O)NCc2ccc(C)cc2C)CC1. The summed E-state index contributed by atoms with van der Waals surface area (Å²) in [5.74, 6) is 0. The lowest BCUT2D eigenvalue weighted by atomic mass is 10.1. The van der Waals surface area contributed by atoms with Crippen LogP contribution in [0.2, 0.25) is 0 Å². The Balaban J connectivity index is 1.83. The fourth-order valence-corrected chi connectivity index (χ4v) is 2.59. The zero-order valence-electron chi connectivity index (χ0n) is 12.8. The predicted octanol–water partition coefficient (Wildman–Crippen LogP) is 2.15. The van der Waals surface area contributed by atoms with Crippen molar-refractivity contribution in [3.63, 3.8) is 0 Å².